The highest BCUT2D eigenvalue weighted by Gasteiger charge is 2.35. The van der Waals surface area contributed by atoms with E-state index < -0.39 is 5.97 Å². The molecule has 2 amide bonds. The molecule has 0 bridgehead atoms. The minimum atomic E-state index is -0.898. The molecule has 0 saturated carbocycles. The lowest BCUT2D eigenvalue weighted by Crippen LogP contribution is -2.60. The van der Waals surface area contributed by atoms with Gasteiger partial charge in [-0.1, -0.05) is 0 Å². The molecule has 2 fully saturated rings. The molecule has 7 heteroatoms. The third-order valence-electron chi connectivity index (χ3n) is 3.96. The topological polar surface area (TPSA) is 73.3 Å². The molecule has 2 saturated heterocycles. The van der Waals surface area contributed by atoms with Gasteiger partial charge in [-0.2, -0.15) is 0 Å². The van der Waals surface area contributed by atoms with Crippen molar-refractivity contribution < 1.29 is 19.4 Å². The van der Waals surface area contributed by atoms with E-state index in [4.69, 9.17) is 9.84 Å². The normalized spacial score (nSPS) is 28.5. The maximum Gasteiger partial charge on any atom is 0.320 e. The summed E-state index contributed by atoms with van der Waals surface area (Å²) in [5.74, 6) is -0.898. The van der Waals surface area contributed by atoms with E-state index in [1.54, 1.807) is 4.90 Å². The fourth-order valence-electron chi connectivity index (χ4n) is 2.87. The summed E-state index contributed by atoms with van der Waals surface area (Å²) >= 11 is 0. The molecule has 2 aliphatic heterocycles. The molecular formula is C13H23N3O4. The van der Waals surface area contributed by atoms with Crippen molar-refractivity contribution in [3.05, 3.63) is 0 Å². The van der Waals surface area contributed by atoms with E-state index in [2.05, 4.69) is 4.90 Å². The maximum absolute atomic E-state index is 12.6. The summed E-state index contributed by atoms with van der Waals surface area (Å²) < 4.78 is 5.31. The van der Waals surface area contributed by atoms with Crippen LogP contribution in [0.5, 0.6) is 0 Å². The molecule has 2 unspecified atom stereocenters. The summed E-state index contributed by atoms with van der Waals surface area (Å²) in [6.07, 6.45) is -0.0616. The predicted molar refractivity (Wildman–Crippen MR) is 72.6 cm³/mol. The molecule has 2 rings (SSSR count). The standard InChI is InChI=1S/C13H23N3O4/c1-10-8-14(2)3-4-15(10)13(19)16-5-6-20-9-11(16)7-12(17)18/h10-11H,3-9H2,1-2H3,(H,17,18). The van der Waals surface area contributed by atoms with Crippen LogP contribution in [0.25, 0.3) is 0 Å². The van der Waals surface area contributed by atoms with Gasteiger partial charge in [0, 0.05) is 32.2 Å². The lowest BCUT2D eigenvalue weighted by molar-refractivity contribution is -0.139. The second-order valence-corrected chi connectivity index (χ2v) is 5.61. The van der Waals surface area contributed by atoms with E-state index in [9.17, 15) is 9.59 Å². The molecule has 1 N–H and O–H groups in total. The number of piperazine rings is 1. The minimum absolute atomic E-state index is 0.0554. The van der Waals surface area contributed by atoms with E-state index in [-0.39, 0.29) is 24.5 Å². The Labute approximate surface area is 119 Å². The number of urea groups is 1. The van der Waals surface area contributed by atoms with Crippen molar-refractivity contribution in [3.63, 3.8) is 0 Å². The zero-order chi connectivity index (χ0) is 14.7. The number of carbonyl (C=O) groups excluding carboxylic acids is 1. The van der Waals surface area contributed by atoms with Crippen LogP contribution in [0.3, 0.4) is 0 Å². The summed E-state index contributed by atoms with van der Waals surface area (Å²) in [6, 6.07) is -0.268. The van der Waals surface area contributed by atoms with Crippen LogP contribution in [0, 0.1) is 0 Å². The Morgan fingerprint density at radius 1 is 1.25 bits per heavy atom. The molecule has 2 atom stereocenters. The molecule has 114 valence electrons. The number of carbonyl (C=O) groups is 2. The molecule has 0 aliphatic carbocycles. The highest BCUT2D eigenvalue weighted by atomic mass is 16.5. The lowest BCUT2D eigenvalue weighted by Gasteiger charge is -2.43. The van der Waals surface area contributed by atoms with Gasteiger partial charge in [0.15, 0.2) is 0 Å². The van der Waals surface area contributed by atoms with Crippen molar-refractivity contribution in [2.75, 3.05) is 46.4 Å². The van der Waals surface area contributed by atoms with E-state index in [1.807, 2.05) is 18.9 Å². The number of amides is 2. The van der Waals surface area contributed by atoms with Crippen molar-refractivity contribution in [3.8, 4) is 0 Å². The van der Waals surface area contributed by atoms with E-state index >= 15 is 0 Å². The van der Waals surface area contributed by atoms with Gasteiger partial charge in [-0.3, -0.25) is 4.79 Å². The molecule has 2 heterocycles. The third-order valence-corrected chi connectivity index (χ3v) is 3.96. The van der Waals surface area contributed by atoms with Crippen LogP contribution >= 0.6 is 0 Å². The predicted octanol–water partition coefficient (Wildman–Crippen LogP) is -0.0822. The molecule has 0 radical (unpaired) electrons. The van der Waals surface area contributed by atoms with E-state index in [1.165, 1.54) is 0 Å². The smallest absolute Gasteiger partial charge is 0.320 e. The van der Waals surface area contributed by atoms with Gasteiger partial charge >= 0.3 is 12.0 Å². The van der Waals surface area contributed by atoms with Crippen molar-refractivity contribution in [2.24, 2.45) is 0 Å². The number of carboxylic acids is 1. The first-order valence-electron chi connectivity index (χ1n) is 7.04. The lowest BCUT2D eigenvalue weighted by atomic mass is 10.1. The minimum Gasteiger partial charge on any atom is -0.481 e. The third kappa shape index (κ3) is 3.40. The van der Waals surface area contributed by atoms with Crippen LogP contribution in [-0.2, 0) is 9.53 Å². The molecule has 20 heavy (non-hydrogen) atoms. The van der Waals surface area contributed by atoms with Gasteiger partial charge in [0.25, 0.3) is 0 Å². The zero-order valence-electron chi connectivity index (χ0n) is 12.1. The van der Waals surface area contributed by atoms with Crippen molar-refractivity contribution in [1.82, 2.24) is 14.7 Å². The van der Waals surface area contributed by atoms with Gasteiger partial charge in [-0.15, -0.1) is 0 Å². The number of carboxylic acid groups (broad SMARTS) is 1. The Kier molecular flexibility index (Phi) is 4.82. The number of likely N-dealkylation sites (N-methyl/N-ethyl adjacent to an activating group) is 1. The highest BCUT2D eigenvalue weighted by molar-refractivity contribution is 5.76. The van der Waals surface area contributed by atoms with Gasteiger partial charge in [-0.05, 0) is 14.0 Å². The Hall–Kier alpha value is -1.34. The second kappa shape index (κ2) is 6.41. The summed E-state index contributed by atoms with van der Waals surface area (Å²) in [5.41, 5.74) is 0. The first kappa shape index (κ1) is 15.1. The fraction of sp³-hybridized carbons (Fsp3) is 0.846. The van der Waals surface area contributed by atoms with E-state index in [0.29, 0.717) is 26.3 Å². The maximum atomic E-state index is 12.6. The summed E-state index contributed by atoms with van der Waals surface area (Å²) in [7, 11) is 2.04. The van der Waals surface area contributed by atoms with Crippen molar-refractivity contribution in [2.45, 2.75) is 25.4 Å². The fourth-order valence-corrected chi connectivity index (χ4v) is 2.87. The number of nitrogens with zero attached hydrogens (tertiary/aromatic N) is 3. The van der Waals surface area contributed by atoms with Crippen LogP contribution in [0.4, 0.5) is 4.79 Å². The van der Waals surface area contributed by atoms with Gasteiger partial charge in [-0.25, -0.2) is 4.79 Å². The molecular weight excluding hydrogens is 262 g/mol. The second-order valence-electron chi connectivity index (χ2n) is 5.61. The van der Waals surface area contributed by atoms with Crippen LogP contribution in [0.1, 0.15) is 13.3 Å². The molecule has 2 aliphatic rings. The average Bonchev–Trinajstić information content (AvgIpc) is 2.38. The quantitative estimate of drug-likeness (QED) is 0.768. The molecule has 0 aromatic carbocycles. The number of aliphatic carboxylic acids is 1. The monoisotopic (exact) mass is 285 g/mol. The Morgan fingerprint density at radius 2 is 2.00 bits per heavy atom. The largest absolute Gasteiger partial charge is 0.481 e. The van der Waals surface area contributed by atoms with Crippen LogP contribution in [-0.4, -0.2) is 90.3 Å². The van der Waals surface area contributed by atoms with Gasteiger partial charge < -0.3 is 24.5 Å². The molecule has 0 aromatic rings. The average molecular weight is 285 g/mol. The summed E-state index contributed by atoms with van der Waals surface area (Å²) in [5, 5.41) is 8.95. The number of hydrogen-bond acceptors (Lipinski definition) is 4. The van der Waals surface area contributed by atoms with Crippen LogP contribution < -0.4 is 0 Å². The SMILES string of the molecule is CC1CN(C)CCN1C(=O)N1CCOCC1CC(=O)O. The van der Waals surface area contributed by atoms with Crippen molar-refractivity contribution >= 4 is 12.0 Å². The van der Waals surface area contributed by atoms with Gasteiger partial charge in [0.2, 0.25) is 0 Å². The molecule has 0 spiro atoms. The number of rotatable bonds is 2. The number of morpholine rings is 1. The first-order chi connectivity index (χ1) is 9.49. The highest BCUT2D eigenvalue weighted by Crippen LogP contribution is 2.17. The van der Waals surface area contributed by atoms with Crippen molar-refractivity contribution in [1.29, 1.82) is 0 Å². The zero-order valence-corrected chi connectivity index (χ0v) is 12.1. The van der Waals surface area contributed by atoms with E-state index in [0.717, 1.165) is 13.1 Å². The molecule has 7 nitrogen and oxygen atoms in total. The summed E-state index contributed by atoms with van der Waals surface area (Å²) in [6.45, 7) is 5.66. The number of hydrogen-bond donors (Lipinski definition) is 1. The van der Waals surface area contributed by atoms with Gasteiger partial charge in [0.05, 0.1) is 25.7 Å². The Bertz CT molecular complexity index is 377. The van der Waals surface area contributed by atoms with Crippen LogP contribution in [0.15, 0.2) is 0 Å². The Balaban J connectivity index is 2.03. The Morgan fingerprint density at radius 3 is 2.65 bits per heavy atom. The van der Waals surface area contributed by atoms with Gasteiger partial charge in [0.1, 0.15) is 0 Å². The van der Waals surface area contributed by atoms with Crippen LogP contribution in [0.2, 0.25) is 0 Å². The first-order valence-corrected chi connectivity index (χ1v) is 7.04. The number of ether oxygens (including phenoxy) is 1. The summed E-state index contributed by atoms with van der Waals surface area (Å²) in [4.78, 5) is 29.3. The molecule has 0 aromatic heterocycles.